The molecular weight excluding hydrogens is 380 g/mol. The van der Waals surface area contributed by atoms with Gasteiger partial charge in [-0.05, 0) is 49.2 Å². The first kappa shape index (κ1) is 18.4. The Balaban J connectivity index is 1.47. The third-order valence-corrected chi connectivity index (χ3v) is 7.17. The lowest BCUT2D eigenvalue weighted by Gasteiger charge is -2.44. The number of halogens is 1. The Labute approximate surface area is 168 Å². The molecule has 140 valence electrons. The maximum Gasteiger partial charge on any atom is 0.254 e. The van der Waals surface area contributed by atoms with E-state index in [1.807, 2.05) is 51.9 Å². The molecule has 0 saturated carbocycles. The molecule has 0 aromatic heterocycles. The van der Waals surface area contributed by atoms with Crippen LogP contribution in [0.5, 0.6) is 0 Å². The predicted molar refractivity (Wildman–Crippen MR) is 109 cm³/mol. The van der Waals surface area contributed by atoms with Gasteiger partial charge in [-0.25, -0.2) is 0 Å². The van der Waals surface area contributed by atoms with Crippen LogP contribution in [0.2, 0.25) is 5.02 Å². The van der Waals surface area contributed by atoms with Crippen LogP contribution < -0.4 is 0 Å². The van der Waals surface area contributed by atoms with Crippen LogP contribution in [0, 0.1) is 0 Å². The molecule has 2 aromatic rings. The molecule has 1 spiro atoms. The van der Waals surface area contributed by atoms with Crippen LogP contribution in [0.4, 0.5) is 0 Å². The SMILES string of the molecule is O=C(c1ccccc1)N1CCC2(CC1)SCCN2C(=O)c1ccc(Cl)cc1. The third-order valence-electron chi connectivity index (χ3n) is 5.37. The number of piperidine rings is 1. The molecule has 2 aromatic carbocycles. The highest BCUT2D eigenvalue weighted by Gasteiger charge is 2.47. The van der Waals surface area contributed by atoms with Crippen LogP contribution in [0.1, 0.15) is 33.6 Å². The van der Waals surface area contributed by atoms with Crippen LogP contribution in [-0.4, -0.2) is 51.9 Å². The summed E-state index contributed by atoms with van der Waals surface area (Å²) in [7, 11) is 0. The number of thioether (sulfide) groups is 1. The first-order chi connectivity index (χ1) is 13.1. The summed E-state index contributed by atoms with van der Waals surface area (Å²) in [4.78, 5) is 29.5. The van der Waals surface area contributed by atoms with E-state index in [0.717, 1.165) is 30.7 Å². The normalized spacial score (nSPS) is 18.7. The first-order valence-electron chi connectivity index (χ1n) is 9.15. The third kappa shape index (κ3) is 3.58. The molecule has 0 N–H and O–H groups in total. The molecule has 6 heteroatoms. The number of carbonyl (C=O) groups excluding carboxylic acids is 2. The second kappa shape index (κ2) is 7.56. The molecule has 2 heterocycles. The Kier molecular flexibility index (Phi) is 5.15. The Morgan fingerprint density at radius 2 is 1.48 bits per heavy atom. The number of carbonyl (C=O) groups is 2. The number of nitrogens with zero attached hydrogens (tertiary/aromatic N) is 2. The minimum Gasteiger partial charge on any atom is -0.338 e. The van der Waals surface area contributed by atoms with Gasteiger partial charge in [0.2, 0.25) is 0 Å². The van der Waals surface area contributed by atoms with Gasteiger partial charge in [0, 0.05) is 41.5 Å². The van der Waals surface area contributed by atoms with E-state index in [-0.39, 0.29) is 16.7 Å². The smallest absolute Gasteiger partial charge is 0.254 e. The highest BCUT2D eigenvalue weighted by atomic mass is 35.5. The van der Waals surface area contributed by atoms with Crippen molar-refractivity contribution < 1.29 is 9.59 Å². The van der Waals surface area contributed by atoms with Gasteiger partial charge in [0.1, 0.15) is 0 Å². The summed E-state index contributed by atoms with van der Waals surface area (Å²) in [6.45, 7) is 2.09. The van der Waals surface area contributed by atoms with E-state index in [2.05, 4.69) is 0 Å². The van der Waals surface area contributed by atoms with Crippen molar-refractivity contribution in [1.82, 2.24) is 9.80 Å². The van der Waals surface area contributed by atoms with Crippen LogP contribution in [0.25, 0.3) is 0 Å². The molecular formula is C21H21ClN2O2S. The summed E-state index contributed by atoms with van der Waals surface area (Å²) in [6, 6.07) is 16.5. The van der Waals surface area contributed by atoms with Crippen molar-refractivity contribution in [2.24, 2.45) is 0 Å². The number of amides is 2. The topological polar surface area (TPSA) is 40.6 Å². The highest BCUT2D eigenvalue weighted by molar-refractivity contribution is 8.00. The van der Waals surface area contributed by atoms with E-state index in [0.29, 0.717) is 23.7 Å². The van der Waals surface area contributed by atoms with Gasteiger partial charge < -0.3 is 9.80 Å². The second-order valence-electron chi connectivity index (χ2n) is 6.92. The Hall–Kier alpha value is -1.98. The lowest BCUT2D eigenvalue weighted by molar-refractivity contribution is 0.0498. The fourth-order valence-corrected chi connectivity index (χ4v) is 5.46. The highest BCUT2D eigenvalue weighted by Crippen LogP contribution is 2.44. The van der Waals surface area contributed by atoms with Crippen molar-refractivity contribution in [2.45, 2.75) is 17.7 Å². The predicted octanol–water partition coefficient (Wildman–Crippen LogP) is 4.16. The largest absolute Gasteiger partial charge is 0.338 e. The Morgan fingerprint density at radius 1 is 0.852 bits per heavy atom. The molecule has 2 amide bonds. The number of rotatable bonds is 2. The molecule has 0 unspecified atom stereocenters. The summed E-state index contributed by atoms with van der Waals surface area (Å²) in [5.74, 6) is 1.06. The van der Waals surface area contributed by atoms with Crippen molar-refractivity contribution >= 4 is 35.2 Å². The van der Waals surface area contributed by atoms with Gasteiger partial charge in [-0.1, -0.05) is 29.8 Å². The van der Waals surface area contributed by atoms with Crippen LogP contribution in [0.3, 0.4) is 0 Å². The average molecular weight is 401 g/mol. The van der Waals surface area contributed by atoms with Gasteiger partial charge in [-0.15, -0.1) is 11.8 Å². The zero-order valence-electron chi connectivity index (χ0n) is 14.9. The van der Waals surface area contributed by atoms with E-state index >= 15 is 0 Å². The summed E-state index contributed by atoms with van der Waals surface area (Å²) < 4.78 is 0. The van der Waals surface area contributed by atoms with Crippen molar-refractivity contribution in [3.63, 3.8) is 0 Å². The van der Waals surface area contributed by atoms with Crippen molar-refractivity contribution in [3.8, 4) is 0 Å². The van der Waals surface area contributed by atoms with E-state index in [1.165, 1.54) is 0 Å². The van der Waals surface area contributed by atoms with Crippen molar-refractivity contribution in [2.75, 3.05) is 25.4 Å². The molecule has 27 heavy (non-hydrogen) atoms. The molecule has 0 aliphatic carbocycles. The fraction of sp³-hybridized carbons (Fsp3) is 0.333. The van der Waals surface area contributed by atoms with Crippen LogP contribution in [-0.2, 0) is 0 Å². The van der Waals surface area contributed by atoms with Gasteiger partial charge in [0.05, 0.1) is 4.87 Å². The summed E-state index contributed by atoms with van der Waals surface area (Å²) in [5.41, 5.74) is 1.39. The number of hydrogen-bond donors (Lipinski definition) is 0. The minimum absolute atomic E-state index is 0.0551. The zero-order chi connectivity index (χ0) is 18.9. The van der Waals surface area contributed by atoms with Gasteiger partial charge in [-0.2, -0.15) is 0 Å². The van der Waals surface area contributed by atoms with Gasteiger partial charge in [0.15, 0.2) is 0 Å². The molecule has 2 saturated heterocycles. The van der Waals surface area contributed by atoms with Crippen molar-refractivity contribution in [1.29, 1.82) is 0 Å². The van der Waals surface area contributed by atoms with E-state index in [1.54, 1.807) is 24.3 Å². The quantitative estimate of drug-likeness (QED) is 0.759. The second-order valence-corrected chi connectivity index (χ2v) is 8.81. The molecule has 2 fully saturated rings. The maximum atomic E-state index is 13.1. The monoisotopic (exact) mass is 400 g/mol. The van der Waals surface area contributed by atoms with E-state index in [4.69, 9.17) is 11.6 Å². The lowest BCUT2D eigenvalue weighted by Crippen LogP contribution is -2.53. The maximum absolute atomic E-state index is 13.1. The molecule has 0 radical (unpaired) electrons. The standard InChI is InChI=1S/C21H21ClN2O2S/c22-18-8-6-17(7-9-18)20(26)24-14-15-27-21(24)10-12-23(13-11-21)19(25)16-4-2-1-3-5-16/h1-9H,10-15H2. The molecule has 4 rings (SSSR count). The first-order valence-corrected chi connectivity index (χ1v) is 10.5. The Morgan fingerprint density at radius 3 is 2.15 bits per heavy atom. The molecule has 2 aliphatic heterocycles. The van der Waals surface area contributed by atoms with Crippen LogP contribution >= 0.6 is 23.4 Å². The summed E-state index contributed by atoms with van der Waals surface area (Å²) in [5, 5.41) is 0.629. The molecule has 4 nitrogen and oxygen atoms in total. The number of likely N-dealkylation sites (tertiary alicyclic amines) is 1. The van der Waals surface area contributed by atoms with Gasteiger partial charge in [0.25, 0.3) is 11.8 Å². The molecule has 0 bridgehead atoms. The minimum atomic E-state index is -0.204. The van der Waals surface area contributed by atoms with E-state index < -0.39 is 0 Å². The van der Waals surface area contributed by atoms with Gasteiger partial charge in [-0.3, -0.25) is 9.59 Å². The summed E-state index contributed by atoms with van der Waals surface area (Å²) in [6.07, 6.45) is 1.60. The Bertz CT molecular complexity index is 833. The van der Waals surface area contributed by atoms with Crippen LogP contribution in [0.15, 0.2) is 54.6 Å². The molecule has 2 aliphatic rings. The number of hydrogen-bond acceptors (Lipinski definition) is 3. The van der Waals surface area contributed by atoms with Crippen molar-refractivity contribution in [3.05, 3.63) is 70.7 Å². The zero-order valence-corrected chi connectivity index (χ0v) is 16.5. The fourth-order valence-electron chi connectivity index (χ4n) is 3.88. The van der Waals surface area contributed by atoms with Gasteiger partial charge >= 0.3 is 0 Å². The molecule has 0 atom stereocenters. The lowest BCUT2D eigenvalue weighted by atomic mass is 10.00. The number of benzene rings is 2. The average Bonchev–Trinajstić information content (AvgIpc) is 3.11. The van der Waals surface area contributed by atoms with E-state index in [9.17, 15) is 9.59 Å². The summed E-state index contributed by atoms with van der Waals surface area (Å²) >= 11 is 7.80.